The van der Waals surface area contributed by atoms with Gasteiger partial charge in [-0.3, -0.25) is 4.68 Å². The van der Waals surface area contributed by atoms with E-state index in [1.54, 1.807) is 13.3 Å². The maximum atomic E-state index is 9.63. The van der Waals surface area contributed by atoms with E-state index in [0.29, 0.717) is 6.61 Å². The number of hydrogen-bond acceptors (Lipinski definition) is 3. The standard InChI is InChI=1S/C9H16N2O2/c1-3-6-11-8(4-5-10-11)9(12)7-13-2/h4-5,9,12H,3,6-7H2,1-2H3. The summed E-state index contributed by atoms with van der Waals surface area (Å²) in [5.74, 6) is 0. The molecule has 13 heavy (non-hydrogen) atoms. The molecule has 4 heteroatoms. The minimum Gasteiger partial charge on any atom is -0.384 e. The molecule has 74 valence electrons. The van der Waals surface area contributed by atoms with E-state index >= 15 is 0 Å². The zero-order chi connectivity index (χ0) is 9.68. The molecular weight excluding hydrogens is 168 g/mol. The molecular formula is C9H16N2O2. The second-order valence-electron chi connectivity index (χ2n) is 2.95. The van der Waals surface area contributed by atoms with Crippen LogP contribution in [0.2, 0.25) is 0 Å². The quantitative estimate of drug-likeness (QED) is 0.741. The molecule has 1 aromatic heterocycles. The summed E-state index contributed by atoms with van der Waals surface area (Å²) in [6.07, 6.45) is 2.14. The number of hydrogen-bond donors (Lipinski definition) is 1. The second-order valence-corrected chi connectivity index (χ2v) is 2.95. The van der Waals surface area contributed by atoms with Gasteiger partial charge in [0.1, 0.15) is 6.10 Å². The van der Waals surface area contributed by atoms with Gasteiger partial charge in [0.2, 0.25) is 0 Å². The van der Waals surface area contributed by atoms with Gasteiger partial charge in [-0.05, 0) is 12.5 Å². The molecule has 1 atom stereocenters. The van der Waals surface area contributed by atoms with Crippen molar-refractivity contribution in [3.05, 3.63) is 18.0 Å². The Kier molecular flexibility index (Phi) is 3.92. The molecule has 0 aliphatic heterocycles. The Morgan fingerprint density at radius 3 is 3.08 bits per heavy atom. The van der Waals surface area contributed by atoms with E-state index in [-0.39, 0.29) is 0 Å². The Balaban J connectivity index is 2.68. The molecule has 1 N–H and O–H groups in total. The lowest BCUT2D eigenvalue weighted by Crippen LogP contribution is -2.12. The first-order valence-electron chi connectivity index (χ1n) is 4.48. The summed E-state index contributed by atoms with van der Waals surface area (Å²) in [5.41, 5.74) is 0.823. The number of methoxy groups -OCH3 is 1. The fraction of sp³-hybridized carbons (Fsp3) is 0.667. The predicted octanol–water partition coefficient (Wildman–Crippen LogP) is 0.973. The Morgan fingerprint density at radius 2 is 2.46 bits per heavy atom. The zero-order valence-electron chi connectivity index (χ0n) is 8.10. The van der Waals surface area contributed by atoms with E-state index < -0.39 is 6.10 Å². The van der Waals surface area contributed by atoms with Crippen LogP contribution in [0.15, 0.2) is 12.3 Å². The van der Waals surface area contributed by atoms with E-state index in [9.17, 15) is 5.11 Å². The van der Waals surface area contributed by atoms with Crippen molar-refractivity contribution in [2.45, 2.75) is 26.0 Å². The molecule has 0 fully saturated rings. The van der Waals surface area contributed by atoms with Crippen molar-refractivity contribution in [2.75, 3.05) is 13.7 Å². The minimum absolute atomic E-state index is 0.315. The normalized spacial score (nSPS) is 13.2. The summed E-state index contributed by atoms with van der Waals surface area (Å²) in [7, 11) is 1.57. The molecule has 0 aliphatic rings. The highest BCUT2D eigenvalue weighted by molar-refractivity contribution is 5.04. The van der Waals surface area contributed by atoms with Crippen LogP contribution in [-0.4, -0.2) is 28.6 Å². The van der Waals surface area contributed by atoms with Gasteiger partial charge < -0.3 is 9.84 Å². The van der Waals surface area contributed by atoms with E-state index in [1.165, 1.54) is 0 Å². The van der Waals surface area contributed by atoms with Crippen molar-refractivity contribution < 1.29 is 9.84 Å². The van der Waals surface area contributed by atoms with Gasteiger partial charge in [0.15, 0.2) is 0 Å². The number of ether oxygens (including phenoxy) is 1. The van der Waals surface area contributed by atoms with Crippen LogP contribution in [-0.2, 0) is 11.3 Å². The molecule has 0 radical (unpaired) electrons. The SMILES string of the molecule is CCCn1nccc1C(O)COC. The fourth-order valence-corrected chi connectivity index (χ4v) is 1.27. The molecule has 0 bridgehead atoms. The van der Waals surface area contributed by atoms with E-state index in [2.05, 4.69) is 12.0 Å². The first-order chi connectivity index (χ1) is 6.29. The highest BCUT2D eigenvalue weighted by Crippen LogP contribution is 2.12. The van der Waals surface area contributed by atoms with Crippen LogP contribution < -0.4 is 0 Å². The Morgan fingerprint density at radius 1 is 1.69 bits per heavy atom. The van der Waals surface area contributed by atoms with Gasteiger partial charge in [0, 0.05) is 19.9 Å². The van der Waals surface area contributed by atoms with Gasteiger partial charge in [-0.15, -0.1) is 0 Å². The third-order valence-corrected chi connectivity index (χ3v) is 1.85. The number of aliphatic hydroxyl groups excluding tert-OH is 1. The number of aliphatic hydroxyl groups is 1. The van der Waals surface area contributed by atoms with Crippen molar-refractivity contribution in [3.63, 3.8) is 0 Å². The highest BCUT2D eigenvalue weighted by Gasteiger charge is 2.11. The number of aromatic nitrogens is 2. The average Bonchev–Trinajstić information content (AvgIpc) is 2.54. The molecule has 0 aliphatic carbocycles. The summed E-state index contributed by atoms with van der Waals surface area (Å²) >= 11 is 0. The summed E-state index contributed by atoms with van der Waals surface area (Å²) < 4.78 is 6.68. The molecule has 4 nitrogen and oxygen atoms in total. The van der Waals surface area contributed by atoms with Crippen LogP contribution in [0.25, 0.3) is 0 Å². The van der Waals surface area contributed by atoms with Crippen molar-refractivity contribution in [1.29, 1.82) is 0 Å². The van der Waals surface area contributed by atoms with Crippen molar-refractivity contribution in [1.82, 2.24) is 9.78 Å². The highest BCUT2D eigenvalue weighted by atomic mass is 16.5. The van der Waals surface area contributed by atoms with Gasteiger partial charge in [0.05, 0.1) is 12.3 Å². The fourth-order valence-electron chi connectivity index (χ4n) is 1.27. The molecule has 1 rings (SSSR count). The monoisotopic (exact) mass is 184 g/mol. The summed E-state index contributed by atoms with van der Waals surface area (Å²) in [5, 5.41) is 13.7. The Hall–Kier alpha value is -0.870. The topological polar surface area (TPSA) is 47.3 Å². The maximum Gasteiger partial charge on any atom is 0.119 e. The third kappa shape index (κ3) is 2.54. The van der Waals surface area contributed by atoms with Gasteiger partial charge in [0.25, 0.3) is 0 Å². The van der Waals surface area contributed by atoms with Gasteiger partial charge >= 0.3 is 0 Å². The molecule has 0 amide bonds. The second kappa shape index (κ2) is 4.99. The minimum atomic E-state index is -0.570. The molecule has 0 aromatic carbocycles. The van der Waals surface area contributed by atoms with Crippen LogP contribution >= 0.6 is 0 Å². The molecule has 1 aromatic rings. The van der Waals surface area contributed by atoms with Crippen LogP contribution in [0.5, 0.6) is 0 Å². The molecule has 1 unspecified atom stereocenters. The first-order valence-corrected chi connectivity index (χ1v) is 4.48. The number of rotatable bonds is 5. The maximum absolute atomic E-state index is 9.63. The first kappa shape index (κ1) is 10.2. The smallest absolute Gasteiger partial charge is 0.119 e. The lowest BCUT2D eigenvalue weighted by atomic mass is 10.2. The van der Waals surface area contributed by atoms with Crippen LogP contribution in [0.4, 0.5) is 0 Å². The van der Waals surface area contributed by atoms with E-state index in [1.807, 2.05) is 10.7 Å². The van der Waals surface area contributed by atoms with Gasteiger partial charge in [-0.2, -0.15) is 5.10 Å². The van der Waals surface area contributed by atoms with Crippen LogP contribution in [0.3, 0.4) is 0 Å². The number of nitrogens with zero attached hydrogens (tertiary/aromatic N) is 2. The Labute approximate surface area is 78.1 Å². The lowest BCUT2D eigenvalue weighted by Gasteiger charge is -2.11. The van der Waals surface area contributed by atoms with E-state index in [0.717, 1.165) is 18.7 Å². The zero-order valence-corrected chi connectivity index (χ0v) is 8.10. The molecule has 1 heterocycles. The number of aryl methyl sites for hydroxylation is 1. The lowest BCUT2D eigenvalue weighted by molar-refractivity contribution is 0.0585. The van der Waals surface area contributed by atoms with Gasteiger partial charge in [-0.1, -0.05) is 6.92 Å². The molecule has 0 spiro atoms. The molecule has 0 saturated heterocycles. The van der Waals surface area contributed by atoms with E-state index in [4.69, 9.17) is 4.74 Å². The third-order valence-electron chi connectivity index (χ3n) is 1.85. The van der Waals surface area contributed by atoms with Gasteiger partial charge in [-0.25, -0.2) is 0 Å². The Bertz CT molecular complexity index is 248. The van der Waals surface area contributed by atoms with Crippen molar-refractivity contribution in [2.24, 2.45) is 0 Å². The predicted molar refractivity (Wildman–Crippen MR) is 49.4 cm³/mol. The summed E-state index contributed by atoms with van der Waals surface area (Å²) in [4.78, 5) is 0. The summed E-state index contributed by atoms with van der Waals surface area (Å²) in [6, 6.07) is 1.82. The largest absolute Gasteiger partial charge is 0.384 e. The van der Waals surface area contributed by atoms with Crippen molar-refractivity contribution in [3.8, 4) is 0 Å². The summed E-state index contributed by atoms with van der Waals surface area (Å²) in [6.45, 7) is 3.23. The van der Waals surface area contributed by atoms with Crippen LogP contribution in [0, 0.1) is 0 Å². The van der Waals surface area contributed by atoms with Crippen LogP contribution in [0.1, 0.15) is 25.1 Å². The van der Waals surface area contributed by atoms with Crippen molar-refractivity contribution >= 4 is 0 Å². The average molecular weight is 184 g/mol. The molecule has 0 saturated carbocycles.